The normalized spacial score (nSPS) is 12.8. The quantitative estimate of drug-likeness (QED) is 0.417. The minimum atomic E-state index is -0.277. The van der Waals surface area contributed by atoms with E-state index in [1.165, 1.54) is 18.0 Å². The maximum Gasteiger partial charge on any atom is 0.257 e. The van der Waals surface area contributed by atoms with Crippen molar-refractivity contribution in [3.8, 4) is 5.88 Å². The van der Waals surface area contributed by atoms with Gasteiger partial charge in [-0.2, -0.15) is 0 Å². The lowest BCUT2D eigenvalue weighted by Gasteiger charge is -2.31. The van der Waals surface area contributed by atoms with Gasteiger partial charge in [-0.3, -0.25) is 20.6 Å². The molecule has 0 aromatic carbocycles. The van der Waals surface area contributed by atoms with Gasteiger partial charge in [0.05, 0.1) is 24.6 Å². The Morgan fingerprint density at radius 2 is 2.03 bits per heavy atom. The van der Waals surface area contributed by atoms with Gasteiger partial charge >= 0.3 is 0 Å². The molecule has 0 radical (unpaired) electrons. The van der Waals surface area contributed by atoms with Gasteiger partial charge in [0, 0.05) is 43.0 Å². The highest BCUT2D eigenvalue weighted by molar-refractivity contribution is 6.04. The Labute approximate surface area is 184 Å². The Hall–Kier alpha value is -4.08. The summed E-state index contributed by atoms with van der Waals surface area (Å²) in [5.74, 6) is 0.908. The van der Waals surface area contributed by atoms with Crippen LogP contribution < -0.4 is 20.4 Å². The first-order chi connectivity index (χ1) is 15.4. The zero-order valence-corrected chi connectivity index (χ0v) is 18.1. The van der Waals surface area contributed by atoms with Crippen molar-refractivity contribution in [3.05, 3.63) is 64.0 Å². The second kappa shape index (κ2) is 8.58. The lowest BCUT2D eigenvalue weighted by atomic mass is 10.0. The number of hydrogen-bond acceptors (Lipinski definition) is 8. The van der Waals surface area contributed by atoms with Gasteiger partial charge in [0.25, 0.3) is 5.91 Å². The van der Waals surface area contributed by atoms with E-state index in [-0.39, 0.29) is 11.4 Å². The van der Waals surface area contributed by atoms with E-state index < -0.39 is 0 Å². The zero-order chi connectivity index (χ0) is 22.8. The van der Waals surface area contributed by atoms with Crippen LogP contribution in [0.5, 0.6) is 5.88 Å². The summed E-state index contributed by atoms with van der Waals surface area (Å²) in [5, 5.41) is 23.0. The molecule has 164 valence electrons. The number of carbonyl (C=O) groups is 1. The van der Waals surface area contributed by atoms with Gasteiger partial charge in [0.2, 0.25) is 5.88 Å². The first-order valence-corrected chi connectivity index (χ1v) is 10.1. The van der Waals surface area contributed by atoms with Crippen molar-refractivity contribution >= 4 is 23.8 Å². The second-order valence-electron chi connectivity index (χ2n) is 7.54. The van der Waals surface area contributed by atoms with Crippen molar-refractivity contribution in [1.29, 1.82) is 10.8 Å². The smallest absolute Gasteiger partial charge is 0.257 e. The summed E-state index contributed by atoms with van der Waals surface area (Å²) >= 11 is 0. The molecule has 3 aromatic heterocycles. The molecule has 3 aromatic rings. The van der Waals surface area contributed by atoms with Gasteiger partial charge in [-0.1, -0.05) is 0 Å². The van der Waals surface area contributed by atoms with Crippen LogP contribution in [0.15, 0.2) is 30.6 Å². The van der Waals surface area contributed by atoms with Gasteiger partial charge in [-0.15, -0.1) is 5.10 Å². The average Bonchev–Trinajstić information content (AvgIpc) is 2.82. The summed E-state index contributed by atoms with van der Waals surface area (Å²) in [7, 11) is 1.52. The Morgan fingerprint density at radius 3 is 2.72 bits per heavy atom. The van der Waals surface area contributed by atoms with E-state index in [0.717, 1.165) is 47.5 Å². The summed E-state index contributed by atoms with van der Waals surface area (Å²) in [6.45, 7) is 5.10. The van der Waals surface area contributed by atoms with Crippen LogP contribution in [0.2, 0.25) is 0 Å². The molecule has 3 N–H and O–H groups in total. The molecule has 0 spiro atoms. The third-order valence-electron chi connectivity index (χ3n) is 5.61. The zero-order valence-electron chi connectivity index (χ0n) is 18.1. The fourth-order valence-electron chi connectivity index (χ4n) is 3.65. The first-order valence-electron chi connectivity index (χ1n) is 10.1. The van der Waals surface area contributed by atoms with E-state index in [2.05, 4.69) is 25.3 Å². The summed E-state index contributed by atoms with van der Waals surface area (Å²) < 4.78 is 6.29. The largest absolute Gasteiger partial charge is 0.481 e. The fraction of sp³-hybridized carbons (Fsp3) is 0.273. The van der Waals surface area contributed by atoms with Gasteiger partial charge in [-0.05, 0) is 37.1 Å². The highest BCUT2D eigenvalue weighted by Crippen LogP contribution is 2.26. The van der Waals surface area contributed by atoms with E-state index in [1.54, 1.807) is 18.3 Å². The molecule has 0 atom stereocenters. The molecule has 4 heterocycles. The lowest BCUT2D eigenvalue weighted by Crippen LogP contribution is -2.36. The number of nitrogens with zero attached hydrogens (tertiary/aromatic N) is 5. The van der Waals surface area contributed by atoms with E-state index >= 15 is 0 Å². The fourth-order valence-corrected chi connectivity index (χ4v) is 3.65. The van der Waals surface area contributed by atoms with Crippen LogP contribution in [0.4, 0.5) is 11.5 Å². The Bertz CT molecular complexity index is 1250. The lowest BCUT2D eigenvalue weighted by molar-refractivity contribution is 0.102. The van der Waals surface area contributed by atoms with Crippen LogP contribution in [0.1, 0.15) is 32.7 Å². The first kappa shape index (κ1) is 21.2. The number of methoxy groups -OCH3 is 1. The number of nitrogens with one attached hydrogen (secondary N) is 3. The molecule has 1 aliphatic rings. The van der Waals surface area contributed by atoms with Crippen LogP contribution in [-0.4, -0.2) is 45.6 Å². The van der Waals surface area contributed by atoms with Crippen LogP contribution >= 0.6 is 0 Å². The minimum Gasteiger partial charge on any atom is -0.481 e. The topological polar surface area (TPSA) is 133 Å². The predicted octanol–water partition coefficient (Wildman–Crippen LogP) is 2.05. The molecule has 0 saturated heterocycles. The molecule has 10 nitrogen and oxygen atoms in total. The van der Waals surface area contributed by atoms with Crippen molar-refractivity contribution < 1.29 is 9.53 Å². The van der Waals surface area contributed by atoms with E-state index in [4.69, 9.17) is 15.6 Å². The SMILES string of the molecule is COc1ccc(C(=O)Nc2cnc3c(c2)CN(c2nn(C=N)c(=N)c(C)c2C)CC3)cn1. The number of rotatable bonds is 5. The molecule has 0 saturated carbocycles. The molecule has 0 unspecified atom stereocenters. The molecule has 0 bridgehead atoms. The highest BCUT2D eigenvalue weighted by atomic mass is 16.5. The molecule has 1 amide bonds. The van der Waals surface area contributed by atoms with Crippen LogP contribution in [0, 0.1) is 24.7 Å². The van der Waals surface area contributed by atoms with Crippen molar-refractivity contribution in [1.82, 2.24) is 19.7 Å². The molecular formula is C22H24N8O2. The molecule has 10 heteroatoms. The molecule has 4 rings (SSSR count). The summed E-state index contributed by atoms with van der Waals surface area (Å²) in [4.78, 5) is 23.3. The number of ether oxygens (including phenoxy) is 1. The highest BCUT2D eigenvalue weighted by Gasteiger charge is 2.22. The van der Waals surface area contributed by atoms with Crippen LogP contribution in [-0.2, 0) is 13.0 Å². The predicted molar refractivity (Wildman–Crippen MR) is 119 cm³/mol. The number of pyridine rings is 2. The molecular weight excluding hydrogens is 408 g/mol. The third kappa shape index (κ3) is 3.94. The van der Waals surface area contributed by atoms with Crippen molar-refractivity contribution in [3.63, 3.8) is 0 Å². The van der Waals surface area contributed by atoms with Crippen molar-refractivity contribution in [2.75, 3.05) is 23.9 Å². The monoisotopic (exact) mass is 432 g/mol. The van der Waals surface area contributed by atoms with Gasteiger partial charge in [0.15, 0.2) is 11.3 Å². The summed E-state index contributed by atoms with van der Waals surface area (Å²) in [6.07, 6.45) is 4.90. The summed E-state index contributed by atoms with van der Waals surface area (Å²) in [6, 6.07) is 5.22. The Balaban J connectivity index is 1.57. The third-order valence-corrected chi connectivity index (χ3v) is 5.61. The number of aromatic nitrogens is 4. The van der Waals surface area contributed by atoms with Gasteiger partial charge < -0.3 is 15.0 Å². The number of fused-ring (bicyclic) bond motifs is 1. The molecule has 1 aliphatic heterocycles. The van der Waals surface area contributed by atoms with Crippen LogP contribution in [0.3, 0.4) is 0 Å². The van der Waals surface area contributed by atoms with Gasteiger partial charge in [-0.25, -0.2) is 9.67 Å². The Morgan fingerprint density at radius 1 is 1.22 bits per heavy atom. The molecule has 0 aliphatic carbocycles. The number of carbonyl (C=O) groups excluding carboxylic acids is 1. The van der Waals surface area contributed by atoms with Crippen LogP contribution in [0.25, 0.3) is 0 Å². The summed E-state index contributed by atoms with van der Waals surface area (Å²) in [5.41, 5.74) is 4.92. The number of anilines is 2. The Kier molecular flexibility index (Phi) is 5.67. The maximum absolute atomic E-state index is 12.6. The maximum atomic E-state index is 12.6. The average molecular weight is 432 g/mol. The molecule has 0 fully saturated rings. The second-order valence-corrected chi connectivity index (χ2v) is 7.54. The minimum absolute atomic E-state index is 0.207. The van der Waals surface area contributed by atoms with E-state index in [9.17, 15) is 4.79 Å². The number of amides is 1. The number of hydrogen-bond donors (Lipinski definition) is 3. The van der Waals surface area contributed by atoms with Crippen molar-refractivity contribution in [2.45, 2.75) is 26.8 Å². The molecule has 32 heavy (non-hydrogen) atoms. The van der Waals surface area contributed by atoms with E-state index in [1.807, 2.05) is 19.9 Å². The standard InChI is InChI=1S/C22H24N8O2/c1-13-14(2)21(28-30(12-23)20(13)24)29-7-6-18-16(11-29)8-17(10-25-18)27-22(31)15-4-5-19(32-3)26-9-15/h4-5,8-10,12,23-24H,6-7,11H2,1-3H3,(H,27,31). The van der Waals surface area contributed by atoms with Gasteiger partial charge in [0.1, 0.15) is 6.34 Å². The van der Waals surface area contributed by atoms with E-state index in [0.29, 0.717) is 23.7 Å². The van der Waals surface area contributed by atoms with Crippen molar-refractivity contribution in [2.24, 2.45) is 0 Å².